The predicted molar refractivity (Wildman–Crippen MR) is 88.1 cm³/mol. The molecule has 2 rings (SSSR count). The third-order valence-corrected chi connectivity index (χ3v) is 5.29. The Kier molecular flexibility index (Phi) is 5.89. The van der Waals surface area contributed by atoms with Gasteiger partial charge in [0.1, 0.15) is 0 Å². The van der Waals surface area contributed by atoms with Crippen LogP contribution in [0.25, 0.3) is 0 Å². The van der Waals surface area contributed by atoms with Crippen LogP contribution in [0, 0.1) is 12.3 Å². The first-order valence-corrected chi connectivity index (χ1v) is 8.70. The van der Waals surface area contributed by atoms with Crippen molar-refractivity contribution in [3.8, 4) is 0 Å². The summed E-state index contributed by atoms with van der Waals surface area (Å²) in [6.45, 7) is 2.27. The molecule has 2 N–H and O–H groups in total. The number of carbonyl (C=O) groups excluding carboxylic acids is 1. The van der Waals surface area contributed by atoms with Crippen LogP contribution in [0.15, 0.2) is 29.2 Å². The van der Waals surface area contributed by atoms with Crippen molar-refractivity contribution in [2.45, 2.75) is 43.9 Å². The van der Waals surface area contributed by atoms with Crippen LogP contribution in [-0.4, -0.2) is 29.3 Å². The van der Waals surface area contributed by atoms with Gasteiger partial charge in [-0.1, -0.05) is 37.0 Å². The van der Waals surface area contributed by atoms with E-state index in [1.54, 1.807) is 0 Å². The third kappa shape index (κ3) is 4.50. The molecule has 0 atom stereocenters. The van der Waals surface area contributed by atoms with Crippen LogP contribution in [0.1, 0.15) is 37.7 Å². The Bertz CT molecular complexity index is 521. The van der Waals surface area contributed by atoms with E-state index in [4.69, 9.17) is 0 Å². The fraction of sp³-hybridized carbons (Fsp3) is 0.529. The zero-order chi connectivity index (χ0) is 16.0. The Morgan fingerprint density at radius 3 is 2.41 bits per heavy atom. The van der Waals surface area contributed by atoms with E-state index < -0.39 is 11.4 Å². The van der Waals surface area contributed by atoms with Crippen molar-refractivity contribution in [2.75, 3.05) is 12.3 Å². The van der Waals surface area contributed by atoms with E-state index in [0.717, 1.165) is 24.2 Å². The maximum absolute atomic E-state index is 12.0. The predicted octanol–water partition coefficient (Wildman–Crippen LogP) is 3.24. The fourth-order valence-corrected chi connectivity index (χ4v) is 3.53. The summed E-state index contributed by atoms with van der Waals surface area (Å²) < 4.78 is 0. The van der Waals surface area contributed by atoms with Gasteiger partial charge in [-0.3, -0.25) is 9.59 Å². The van der Waals surface area contributed by atoms with Crippen LogP contribution in [0.4, 0.5) is 0 Å². The van der Waals surface area contributed by atoms with Crippen LogP contribution in [0.5, 0.6) is 0 Å². The van der Waals surface area contributed by atoms with Gasteiger partial charge in [0.25, 0.3) is 0 Å². The van der Waals surface area contributed by atoms with Crippen molar-refractivity contribution in [2.24, 2.45) is 5.41 Å². The molecule has 1 aliphatic carbocycles. The van der Waals surface area contributed by atoms with Gasteiger partial charge in [-0.15, -0.1) is 11.8 Å². The number of hydrogen-bond acceptors (Lipinski definition) is 3. The monoisotopic (exact) mass is 321 g/mol. The summed E-state index contributed by atoms with van der Waals surface area (Å²) in [4.78, 5) is 24.6. The minimum Gasteiger partial charge on any atom is -0.481 e. The van der Waals surface area contributed by atoms with Crippen LogP contribution >= 0.6 is 11.8 Å². The van der Waals surface area contributed by atoms with E-state index >= 15 is 0 Å². The van der Waals surface area contributed by atoms with Crippen molar-refractivity contribution in [3.63, 3.8) is 0 Å². The SMILES string of the molecule is Cc1ccc(SCC(=O)NCC2(C(=O)O)CCCCC2)cc1. The molecule has 22 heavy (non-hydrogen) atoms. The molecule has 1 fully saturated rings. The molecular weight excluding hydrogens is 298 g/mol. The van der Waals surface area contributed by atoms with E-state index in [0.29, 0.717) is 18.6 Å². The highest BCUT2D eigenvalue weighted by Gasteiger charge is 2.39. The van der Waals surface area contributed by atoms with Crippen LogP contribution < -0.4 is 5.32 Å². The summed E-state index contributed by atoms with van der Waals surface area (Å²) in [7, 11) is 0. The topological polar surface area (TPSA) is 66.4 Å². The van der Waals surface area contributed by atoms with Gasteiger partial charge in [-0.2, -0.15) is 0 Å². The number of carboxylic acids is 1. The van der Waals surface area contributed by atoms with Gasteiger partial charge in [0.05, 0.1) is 11.2 Å². The highest BCUT2D eigenvalue weighted by atomic mass is 32.2. The second kappa shape index (κ2) is 7.68. The van der Waals surface area contributed by atoms with E-state index in [-0.39, 0.29) is 12.5 Å². The number of amides is 1. The Balaban J connectivity index is 1.81. The zero-order valence-corrected chi connectivity index (χ0v) is 13.7. The lowest BCUT2D eigenvalue weighted by Crippen LogP contribution is -2.44. The number of rotatable bonds is 6. The standard InChI is InChI=1S/C17H23NO3S/c1-13-5-7-14(8-6-13)22-11-15(19)18-12-17(16(20)21)9-3-2-4-10-17/h5-8H,2-4,9-12H2,1H3,(H,18,19)(H,20,21). The average molecular weight is 321 g/mol. The summed E-state index contributed by atoms with van der Waals surface area (Å²) in [5.74, 6) is -0.561. The molecule has 0 bridgehead atoms. The minimum absolute atomic E-state index is 0.100. The molecule has 0 unspecified atom stereocenters. The van der Waals surface area contributed by atoms with Gasteiger partial charge in [0.2, 0.25) is 5.91 Å². The van der Waals surface area contributed by atoms with Gasteiger partial charge in [0, 0.05) is 11.4 Å². The smallest absolute Gasteiger partial charge is 0.311 e. The molecule has 1 aliphatic rings. The number of carboxylic acid groups (broad SMARTS) is 1. The van der Waals surface area contributed by atoms with Crippen LogP contribution in [-0.2, 0) is 9.59 Å². The lowest BCUT2D eigenvalue weighted by Gasteiger charge is -2.33. The second-order valence-corrected chi connectivity index (χ2v) is 7.07. The number of benzene rings is 1. The number of hydrogen-bond donors (Lipinski definition) is 2. The Morgan fingerprint density at radius 1 is 1.18 bits per heavy atom. The van der Waals surface area contributed by atoms with E-state index in [1.807, 2.05) is 31.2 Å². The first-order valence-electron chi connectivity index (χ1n) is 7.71. The summed E-state index contributed by atoms with van der Waals surface area (Å²) >= 11 is 1.47. The number of carbonyl (C=O) groups is 2. The number of thioether (sulfide) groups is 1. The van der Waals surface area contributed by atoms with E-state index in [9.17, 15) is 14.7 Å². The number of nitrogens with one attached hydrogen (secondary N) is 1. The summed E-state index contributed by atoms with van der Waals surface area (Å²) in [5, 5.41) is 12.3. The van der Waals surface area contributed by atoms with E-state index in [2.05, 4.69) is 5.32 Å². The zero-order valence-electron chi connectivity index (χ0n) is 12.9. The first-order chi connectivity index (χ1) is 10.5. The minimum atomic E-state index is -0.779. The summed E-state index contributed by atoms with van der Waals surface area (Å²) in [6.07, 6.45) is 4.27. The normalized spacial score (nSPS) is 17.0. The van der Waals surface area contributed by atoms with Gasteiger partial charge >= 0.3 is 5.97 Å². The van der Waals surface area contributed by atoms with Crippen LogP contribution in [0.3, 0.4) is 0 Å². The van der Waals surface area contributed by atoms with E-state index in [1.165, 1.54) is 17.3 Å². The lowest BCUT2D eigenvalue weighted by atomic mass is 9.74. The molecule has 120 valence electrons. The molecule has 1 aromatic rings. The largest absolute Gasteiger partial charge is 0.481 e. The van der Waals surface area contributed by atoms with Crippen molar-refractivity contribution >= 4 is 23.6 Å². The highest BCUT2D eigenvalue weighted by molar-refractivity contribution is 8.00. The third-order valence-electron chi connectivity index (χ3n) is 4.28. The maximum atomic E-state index is 12.0. The number of aliphatic carboxylic acids is 1. The molecule has 1 amide bonds. The first kappa shape index (κ1) is 16.9. The molecular formula is C17H23NO3S. The molecule has 0 spiro atoms. The van der Waals surface area contributed by atoms with Gasteiger partial charge in [-0.25, -0.2) is 0 Å². The molecule has 4 nitrogen and oxygen atoms in total. The van der Waals surface area contributed by atoms with Gasteiger partial charge in [0.15, 0.2) is 0 Å². The van der Waals surface area contributed by atoms with Gasteiger partial charge < -0.3 is 10.4 Å². The maximum Gasteiger partial charge on any atom is 0.311 e. The summed E-state index contributed by atoms with van der Waals surface area (Å²) in [5.41, 5.74) is 0.428. The van der Waals surface area contributed by atoms with Crippen LogP contribution in [0.2, 0.25) is 0 Å². The van der Waals surface area contributed by atoms with Crippen molar-refractivity contribution in [1.82, 2.24) is 5.32 Å². The quantitative estimate of drug-likeness (QED) is 0.789. The van der Waals surface area contributed by atoms with Crippen molar-refractivity contribution in [3.05, 3.63) is 29.8 Å². The molecule has 1 saturated carbocycles. The Morgan fingerprint density at radius 2 is 1.82 bits per heavy atom. The average Bonchev–Trinajstić information content (AvgIpc) is 2.53. The molecule has 5 heteroatoms. The highest BCUT2D eigenvalue weighted by Crippen LogP contribution is 2.36. The van der Waals surface area contributed by atoms with Gasteiger partial charge in [-0.05, 0) is 31.9 Å². The lowest BCUT2D eigenvalue weighted by molar-refractivity contribution is -0.150. The molecule has 0 aliphatic heterocycles. The van der Waals surface area contributed by atoms with Crippen molar-refractivity contribution < 1.29 is 14.7 Å². The summed E-state index contributed by atoms with van der Waals surface area (Å²) in [6, 6.07) is 8.02. The molecule has 0 heterocycles. The second-order valence-electron chi connectivity index (χ2n) is 6.02. The number of aryl methyl sites for hydroxylation is 1. The Hall–Kier alpha value is -1.49. The molecule has 0 aromatic heterocycles. The molecule has 0 saturated heterocycles. The fourth-order valence-electron chi connectivity index (χ4n) is 2.80. The molecule has 0 radical (unpaired) electrons. The van der Waals surface area contributed by atoms with Crippen molar-refractivity contribution in [1.29, 1.82) is 0 Å². The molecule has 1 aromatic carbocycles. The Labute approximate surface area is 135 Å².